The van der Waals surface area contributed by atoms with Crippen LogP contribution in [0, 0.1) is 5.82 Å². The zero-order valence-electron chi connectivity index (χ0n) is 12.1. The van der Waals surface area contributed by atoms with E-state index in [0.29, 0.717) is 10.8 Å². The average Bonchev–Trinajstić information content (AvgIpc) is 2.54. The Morgan fingerprint density at radius 2 is 1.61 bits per heavy atom. The molecule has 0 heterocycles. The van der Waals surface area contributed by atoms with Gasteiger partial charge in [-0.05, 0) is 52.2 Å². The maximum atomic E-state index is 14.4. The monoisotopic (exact) mass is 366 g/mol. The minimum Gasteiger partial charge on any atom is -0.507 e. The number of phenolic OH excluding ortho intramolecular Hbond substituents is 1. The number of hydrogen-bond acceptors (Lipinski definition) is 1. The predicted octanol–water partition coefficient (Wildman–Crippen LogP) is 6.27. The molecule has 0 aromatic heterocycles. The highest BCUT2D eigenvalue weighted by atomic mass is 79.9. The molecule has 0 aliphatic heterocycles. The van der Waals surface area contributed by atoms with Crippen molar-refractivity contribution in [3.8, 4) is 16.9 Å². The molecule has 4 aromatic carbocycles. The first-order valence-corrected chi connectivity index (χ1v) is 8.03. The molecule has 0 atom stereocenters. The summed E-state index contributed by atoms with van der Waals surface area (Å²) in [5, 5.41) is 13.0. The van der Waals surface area contributed by atoms with Crippen LogP contribution in [0.15, 0.2) is 71.2 Å². The minimum atomic E-state index is -0.324. The fourth-order valence-electron chi connectivity index (χ4n) is 3.08. The molecule has 0 saturated carbocycles. The summed E-state index contributed by atoms with van der Waals surface area (Å²) in [5.41, 5.74) is 1.98. The van der Waals surface area contributed by atoms with E-state index in [9.17, 15) is 9.50 Å². The first-order chi connectivity index (χ1) is 11.1. The summed E-state index contributed by atoms with van der Waals surface area (Å²) < 4.78 is 15.4. The summed E-state index contributed by atoms with van der Waals surface area (Å²) >= 11 is 3.49. The highest BCUT2D eigenvalue weighted by Crippen LogP contribution is 2.40. The van der Waals surface area contributed by atoms with Crippen molar-refractivity contribution in [2.75, 3.05) is 0 Å². The first-order valence-electron chi connectivity index (χ1n) is 7.24. The van der Waals surface area contributed by atoms with E-state index < -0.39 is 0 Å². The van der Waals surface area contributed by atoms with Crippen molar-refractivity contribution in [1.82, 2.24) is 0 Å². The van der Waals surface area contributed by atoms with Crippen molar-refractivity contribution < 1.29 is 9.50 Å². The third-order valence-corrected chi connectivity index (χ3v) is 4.56. The van der Waals surface area contributed by atoms with Gasteiger partial charge >= 0.3 is 0 Å². The summed E-state index contributed by atoms with van der Waals surface area (Å²) in [5.74, 6) is -0.232. The molecule has 0 saturated heterocycles. The SMILES string of the molecule is Oc1cccc2c(-c3cccc(Br)c3)cc3cccc(F)c3c12. The van der Waals surface area contributed by atoms with Gasteiger partial charge in [0.15, 0.2) is 0 Å². The van der Waals surface area contributed by atoms with Gasteiger partial charge in [-0.15, -0.1) is 0 Å². The van der Waals surface area contributed by atoms with Crippen molar-refractivity contribution in [1.29, 1.82) is 0 Å². The van der Waals surface area contributed by atoms with Gasteiger partial charge in [0.05, 0.1) is 0 Å². The van der Waals surface area contributed by atoms with E-state index in [1.54, 1.807) is 18.2 Å². The van der Waals surface area contributed by atoms with Crippen molar-refractivity contribution >= 4 is 37.5 Å². The second-order valence-electron chi connectivity index (χ2n) is 5.47. The topological polar surface area (TPSA) is 20.2 Å². The lowest BCUT2D eigenvalue weighted by Crippen LogP contribution is -1.88. The summed E-state index contributed by atoms with van der Waals surface area (Å²) in [6.07, 6.45) is 0. The molecule has 0 amide bonds. The maximum Gasteiger partial charge on any atom is 0.131 e. The van der Waals surface area contributed by atoms with Crippen LogP contribution >= 0.6 is 15.9 Å². The Kier molecular flexibility index (Phi) is 3.31. The molecule has 1 N–H and O–H groups in total. The average molecular weight is 367 g/mol. The van der Waals surface area contributed by atoms with Gasteiger partial charge in [0.2, 0.25) is 0 Å². The van der Waals surface area contributed by atoms with Gasteiger partial charge in [-0.2, -0.15) is 0 Å². The minimum absolute atomic E-state index is 0.0921. The lowest BCUT2D eigenvalue weighted by molar-refractivity contribution is 0.482. The number of benzene rings is 4. The van der Waals surface area contributed by atoms with Crippen LogP contribution in [-0.2, 0) is 0 Å². The molecule has 23 heavy (non-hydrogen) atoms. The molecule has 112 valence electrons. The largest absolute Gasteiger partial charge is 0.507 e. The molecule has 0 unspecified atom stereocenters. The zero-order chi connectivity index (χ0) is 16.0. The lowest BCUT2D eigenvalue weighted by Gasteiger charge is -2.13. The van der Waals surface area contributed by atoms with Crippen LogP contribution in [0.5, 0.6) is 5.75 Å². The third-order valence-electron chi connectivity index (χ3n) is 4.06. The molecule has 0 radical (unpaired) electrons. The van der Waals surface area contributed by atoms with E-state index in [4.69, 9.17) is 0 Å². The van der Waals surface area contributed by atoms with Gasteiger partial charge in [0.1, 0.15) is 11.6 Å². The quantitative estimate of drug-likeness (QED) is 0.393. The molecular formula is C20H12BrFO. The predicted molar refractivity (Wildman–Crippen MR) is 96.2 cm³/mol. The van der Waals surface area contributed by atoms with Crippen LogP contribution in [0.25, 0.3) is 32.7 Å². The molecule has 4 aromatic rings. The Hall–Kier alpha value is -2.39. The van der Waals surface area contributed by atoms with Gasteiger partial charge < -0.3 is 5.11 Å². The third kappa shape index (κ3) is 2.28. The Morgan fingerprint density at radius 1 is 0.826 bits per heavy atom. The van der Waals surface area contributed by atoms with E-state index in [1.807, 2.05) is 42.5 Å². The Balaban J connectivity index is 2.23. The van der Waals surface area contributed by atoms with E-state index in [0.717, 1.165) is 26.4 Å². The van der Waals surface area contributed by atoms with Crippen LogP contribution in [0.3, 0.4) is 0 Å². The van der Waals surface area contributed by atoms with Crippen molar-refractivity contribution in [3.05, 3.63) is 77.0 Å². The second kappa shape index (κ2) is 5.36. The molecule has 0 fully saturated rings. The van der Waals surface area contributed by atoms with E-state index in [-0.39, 0.29) is 11.6 Å². The molecule has 3 heteroatoms. The number of hydrogen-bond donors (Lipinski definition) is 1. The fraction of sp³-hybridized carbons (Fsp3) is 0. The molecule has 4 rings (SSSR count). The normalized spacial score (nSPS) is 11.2. The van der Waals surface area contributed by atoms with Gasteiger partial charge in [-0.25, -0.2) is 4.39 Å². The van der Waals surface area contributed by atoms with Crippen LogP contribution in [-0.4, -0.2) is 5.11 Å². The molecule has 1 nitrogen and oxygen atoms in total. The van der Waals surface area contributed by atoms with E-state index in [1.165, 1.54) is 6.07 Å². The number of rotatable bonds is 1. The maximum absolute atomic E-state index is 14.4. The molecule has 0 bridgehead atoms. The Bertz CT molecular complexity index is 1060. The Labute approximate surface area is 141 Å². The number of halogens is 2. The lowest BCUT2D eigenvalue weighted by atomic mass is 9.92. The molecular weight excluding hydrogens is 355 g/mol. The van der Waals surface area contributed by atoms with Crippen LogP contribution in [0.2, 0.25) is 0 Å². The van der Waals surface area contributed by atoms with Crippen molar-refractivity contribution in [3.63, 3.8) is 0 Å². The standard InChI is InChI=1S/C20H12BrFO/c21-14-6-1-4-12(10-14)16-11-13-5-2-8-17(22)19(13)20-15(16)7-3-9-18(20)23/h1-11,23H. The first kappa shape index (κ1) is 14.2. The number of phenols is 1. The van der Waals surface area contributed by atoms with Crippen LogP contribution in [0.4, 0.5) is 4.39 Å². The van der Waals surface area contributed by atoms with E-state index in [2.05, 4.69) is 15.9 Å². The summed E-state index contributed by atoms with van der Waals surface area (Å²) in [4.78, 5) is 0. The van der Waals surface area contributed by atoms with Gasteiger partial charge in [-0.3, -0.25) is 0 Å². The number of aromatic hydroxyl groups is 1. The zero-order valence-corrected chi connectivity index (χ0v) is 13.6. The summed E-state index contributed by atoms with van der Waals surface area (Å²) in [6.45, 7) is 0. The van der Waals surface area contributed by atoms with Gasteiger partial charge in [0.25, 0.3) is 0 Å². The number of fused-ring (bicyclic) bond motifs is 3. The smallest absolute Gasteiger partial charge is 0.131 e. The van der Waals surface area contributed by atoms with Crippen molar-refractivity contribution in [2.45, 2.75) is 0 Å². The summed E-state index contributed by atoms with van der Waals surface area (Å²) in [6, 6.07) is 20.2. The highest BCUT2D eigenvalue weighted by molar-refractivity contribution is 9.10. The molecule has 0 aliphatic rings. The van der Waals surface area contributed by atoms with E-state index >= 15 is 0 Å². The highest BCUT2D eigenvalue weighted by Gasteiger charge is 2.14. The summed E-state index contributed by atoms with van der Waals surface area (Å²) in [7, 11) is 0. The van der Waals surface area contributed by atoms with Crippen LogP contribution in [0.1, 0.15) is 0 Å². The molecule has 0 aliphatic carbocycles. The Morgan fingerprint density at radius 3 is 2.43 bits per heavy atom. The van der Waals surface area contributed by atoms with Crippen molar-refractivity contribution in [2.24, 2.45) is 0 Å². The fourth-order valence-corrected chi connectivity index (χ4v) is 3.48. The van der Waals surface area contributed by atoms with Gasteiger partial charge in [-0.1, -0.05) is 52.3 Å². The molecule has 0 spiro atoms. The van der Waals surface area contributed by atoms with Crippen LogP contribution < -0.4 is 0 Å². The second-order valence-corrected chi connectivity index (χ2v) is 6.39. The van der Waals surface area contributed by atoms with Gasteiger partial charge in [0, 0.05) is 15.2 Å².